The molecular formula is C13H17NO4S. The minimum absolute atomic E-state index is 0.0677. The van der Waals surface area contributed by atoms with Gasteiger partial charge in [0.25, 0.3) is 0 Å². The summed E-state index contributed by atoms with van der Waals surface area (Å²) in [4.78, 5) is 22.3. The van der Waals surface area contributed by atoms with Gasteiger partial charge in [-0.1, -0.05) is 12.1 Å². The molecule has 0 unspecified atom stereocenters. The van der Waals surface area contributed by atoms with Crippen molar-refractivity contribution < 1.29 is 19.4 Å². The first-order chi connectivity index (χ1) is 9.13. The SMILES string of the molecule is COCCSCC(=O)NCc1cccc(C(=O)O)c1. The van der Waals surface area contributed by atoms with Crippen LogP contribution in [0.2, 0.25) is 0 Å². The van der Waals surface area contributed by atoms with Gasteiger partial charge in [0.1, 0.15) is 0 Å². The number of nitrogens with one attached hydrogen (secondary N) is 1. The van der Waals surface area contributed by atoms with E-state index in [1.54, 1.807) is 25.3 Å². The van der Waals surface area contributed by atoms with E-state index in [2.05, 4.69) is 5.32 Å². The molecule has 5 nitrogen and oxygen atoms in total. The molecular weight excluding hydrogens is 266 g/mol. The normalized spacial score (nSPS) is 10.2. The third kappa shape index (κ3) is 6.26. The summed E-state index contributed by atoms with van der Waals surface area (Å²) in [5, 5.41) is 11.6. The Balaban J connectivity index is 2.33. The van der Waals surface area contributed by atoms with E-state index in [4.69, 9.17) is 9.84 Å². The molecule has 1 aromatic rings. The molecule has 1 rings (SSSR count). The van der Waals surface area contributed by atoms with Gasteiger partial charge >= 0.3 is 5.97 Å². The molecule has 0 fully saturated rings. The Kier molecular flexibility index (Phi) is 6.99. The fraction of sp³-hybridized carbons (Fsp3) is 0.385. The van der Waals surface area contributed by atoms with Crippen molar-refractivity contribution in [2.24, 2.45) is 0 Å². The van der Waals surface area contributed by atoms with E-state index in [0.717, 1.165) is 11.3 Å². The lowest BCUT2D eigenvalue weighted by atomic mass is 10.1. The average molecular weight is 283 g/mol. The number of methoxy groups -OCH3 is 1. The number of carboxylic acids is 1. The Hall–Kier alpha value is -1.53. The monoisotopic (exact) mass is 283 g/mol. The number of thioether (sulfide) groups is 1. The van der Waals surface area contributed by atoms with Crippen molar-refractivity contribution in [1.82, 2.24) is 5.32 Å². The average Bonchev–Trinajstić information content (AvgIpc) is 2.41. The lowest BCUT2D eigenvalue weighted by Gasteiger charge is -2.06. The summed E-state index contributed by atoms with van der Waals surface area (Å²) in [6.07, 6.45) is 0. The largest absolute Gasteiger partial charge is 0.478 e. The van der Waals surface area contributed by atoms with Crippen molar-refractivity contribution in [2.75, 3.05) is 25.2 Å². The highest BCUT2D eigenvalue weighted by atomic mass is 32.2. The molecule has 0 saturated heterocycles. The molecule has 6 heteroatoms. The Labute approximate surface area is 116 Å². The molecule has 0 aliphatic rings. The van der Waals surface area contributed by atoms with E-state index in [1.807, 2.05) is 0 Å². The number of carboxylic acid groups (broad SMARTS) is 1. The molecule has 0 atom stereocenters. The lowest BCUT2D eigenvalue weighted by molar-refractivity contribution is -0.118. The fourth-order valence-corrected chi connectivity index (χ4v) is 2.09. The van der Waals surface area contributed by atoms with Gasteiger partial charge in [-0.2, -0.15) is 0 Å². The van der Waals surface area contributed by atoms with Crippen LogP contribution in [0.15, 0.2) is 24.3 Å². The van der Waals surface area contributed by atoms with Crippen molar-refractivity contribution >= 4 is 23.6 Å². The topological polar surface area (TPSA) is 75.6 Å². The molecule has 0 aliphatic carbocycles. The van der Waals surface area contributed by atoms with Crippen molar-refractivity contribution in [3.05, 3.63) is 35.4 Å². The molecule has 1 aromatic carbocycles. The van der Waals surface area contributed by atoms with Gasteiger partial charge in [0.05, 0.1) is 17.9 Å². The summed E-state index contributed by atoms with van der Waals surface area (Å²) in [6.45, 7) is 0.962. The van der Waals surface area contributed by atoms with Crippen molar-refractivity contribution in [3.63, 3.8) is 0 Å². The Morgan fingerprint density at radius 1 is 1.42 bits per heavy atom. The van der Waals surface area contributed by atoms with Crippen LogP contribution in [-0.4, -0.2) is 42.2 Å². The molecule has 0 aliphatic heterocycles. The number of carbonyl (C=O) groups excluding carboxylic acids is 1. The molecule has 0 saturated carbocycles. The minimum atomic E-state index is -0.969. The zero-order valence-electron chi connectivity index (χ0n) is 10.7. The zero-order valence-corrected chi connectivity index (χ0v) is 11.5. The first kappa shape index (κ1) is 15.5. The van der Waals surface area contributed by atoms with Crippen molar-refractivity contribution in [1.29, 1.82) is 0 Å². The van der Waals surface area contributed by atoms with E-state index in [1.165, 1.54) is 17.8 Å². The van der Waals surface area contributed by atoms with Crippen LogP contribution in [0.3, 0.4) is 0 Å². The molecule has 2 N–H and O–H groups in total. The van der Waals surface area contributed by atoms with Gasteiger partial charge in [-0.25, -0.2) is 4.79 Å². The number of hydrogen-bond donors (Lipinski definition) is 2. The Morgan fingerprint density at radius 3 is 2.89 bits per heavy atom. The fourth-order valence-electron chi connectivity index (χ4n) is 1.37. The number of ether oxygens (including phenoxy) is 1. The van der Waals surface area contributed by atoms with Crippen LogP contribution in [0, 0.1) is 0 Å². The third-order valence-electron chi connectivity index (χ3n) is 2.33. The molecule has 0 bridgehead atoms. The maximum Gasteiger partial charge on any atom is 0.335 e. The first-order valence-electron chi connectivity index (χ1n) is 5.79. The number of carbonyl (C=O) groups is 2. The van der Waals surface area contributed by atoms with E-state index < -0.39 is 5.97 Å². The Bertz CT molecular complexity index is 436. The van der Waals surface area contributed by atoms with Crippen LogP contribution < -0.4 is 5.32 Å². The summed E-state index contributed by atoms with van der Waals surface area (Å²) in [5.74, 6) is 0.116. The lowest BCUT2D eigenvalue weighted by Crippen LogP contribution is -2.25. The highest BCUT2D eigenvalue weighted by Gasteiger charge is 2.05. The van der Waals surface area contributed by atoms with Crippen LogP contribution in [-0.2, 0) is 16.1 Å². The highest BCUT2D eigenvalue weighted by molar-refractivity contribution is 7.99. The van der Waals surface area contributed by atoms with E-state index in [0.29, 0.717) is 18.9 Å². The van der Waals surface area contributed by atoms with Gasteiger partial charge in [-0.3, -0.25) is 4.79 Å². The number of hydrogen-bond acceptors (Lipinski definition) is 4. The predicted octanol–water partition coefficient (Wildman–Crippen LogP) is 1.38. The maximum atomic E-state index is 11.5. The van der Waals surface area contributed by atoms with Gasteiger partial charge in [0, 0.05) is 19.4 Å². The second-order valence-corrected chi connectivity index (χ2v) is 4.93. The van der Waals surface area contributed by atoms with Gasteiger partial charge < -0.3 is 15.2 Å². The summed E-state index contributed by atoms with van der Waals surface area (Å²) >= 11 is 1.50. The van der Waals surface area contributed by atoms with Gasteiger partial charge in [-0.05, 0) is 17.7 Å². The van der Waals surface area contributed by atoms with Gasteiger partial charge in [-0.15, -0.1) is 11.8 Å². The van der Waals surface area contributed by atoms with Crippen LogP contribution in [0.4, 0.5) is 0 Å². The number of aromatic carboxylic acids is 1. The van der Waals surface area contributed by atoms with Crippen molar-refractivity contribution in [2.45, 2.75) is 6.54 Å². The smallest absolute Gasteiger partial charge is 0.335 e. The second-order valence-electron chi connectivity index (χ2n) is 3.83. The molecule has 0 heterocycles. The minimum Gasteiger partial charge on any atom is -0.478 e. The molecule has 0 spiro atoms. The van der Waals surface area contributed by atoms with Crippen LogP contribution >= 0.6 is 11.8 Å². The number of rotatable bonds is 8. The van der Waals surface area contributed by atoms with Crippen molar-refractivity contribution in [3.8, 4) is 0 Å². The molecule has 0 aromatic heterocycles. The summed E-state index contributed by atoms with van der Waals surface area (Å²) in [7, 11) is 1.62. The number of benzene rings is 1. The second kappa shape index (κ2) is 8.55. The van der Waals surface area contributed by atoms with Crippen LogP contribution in [0.1, 0.15) is 15.9 Å². The quantitative estimate of drug-likeness (QED) is 0.705. The van der Waals surface area contributed by atoms with Crippen LogP contribution in [0.25, 0.3) is 0 Å². The van der Waals surface area contributed by atoms with E-state index >= 15 is 0 Å². The highest BCUT2D eigenvalue weighted by Crippen LogP contribution is 2.05. The van der Waals surface area contributed by atoms with E-state index in [9.17, 15) is 9.59 Å². The van der Waals surface area contributed by atoms with Gasteiger partial charge in [0.15, 0.2) is 0 Å². The maximum absolute atomic E-state index is 11.5. The van der Waals surface area contributed by atoms with E-state index in [-0.39, 0.29) is 11.5 Å². The summed E-state index contributed by atoms with van der Waals surface area (Å²) in [5.41, 5.74) is 0.997. The number of amides is 1. The predicted molar refractivity (Wildman–Crippen MR) is 74.4 cm³/mol. The standard InChI is InChI=1S/C13H17NO4S/c1-18-5-6-19-9-12(15)14-8-10-3-2-4-11(7-10)13(16)17/h2-4,7H,5-6,8-9H2,1H3,(H,14,15)(H,16,17). The van der Waals surface area contributed by atoms with Gasteiger partial charge in [0.2, 0.25) is 5.91 Å². The first-order valence-corrected chi connectivity index (χ1v) is 6.94. The molecule has 1 amide bonds. The zero-order chi connectivity index (χ0) is 14.1. The Morgan fingerprint density at radius 2 is 2.21 bits per heavy atom. The summed E-state index contributed by atoms with van der Waals surface area (Å²) in [6, 6.07) is 6.53. The molecule has 19 heavy (non-hydrogen) atoms. The van der Waals surface area contributed by atoms with Crippen LogP contribution in [0.5, 0.6) is 0 Å². The molecule has 0 radical (unpaired) electrons. The third-order valence-corrected chi connectivity index (χ3v) is 3.25. The molecule has 104 valence electrons. The summed E-state index contributed by atoms with van der Waals surface area (Å²) < 4.78 is 4.88.